The maximum atomic E-state index is 14.2. The van der Waals surface area contributed by atoms with Gasteiger partial charge in [0.1, 0.15) is 0 Å². The second-order valence-electron chi connectivity index (χ2n) is 15.2. The van der Waals surface area contributed by atoms with Crippen LogP contribution in [0.2, 0.25) is 0 Å². The Bertz CT molecular complexity index is 1610. The lowest BCUT2D eigenvalue weighted by atomic mass is 9.85. The van der Waals surface area contributed by atoms with Gasteiger partial charge in [-0.05, 0) is 47.6 Å². The number of hydrazine groups is 1. The van der Waals surface area contributed by atoms with E-state index in [4.69, 9.17) is 9.47 Å². The van der Waals surface area contributed by atoms with Crippen LogP contribution in [0, 0.1) is 10.8 Å². The zero-order valence-electron chi connectivity index (χ0n) is 32.3. The molecule has 0 saturated carbocycles. The van der Waals surface area contributed by atoms with E-state index in [-0.39, 0.29) is 19.0 Å². The third-order valence-electron chi connectivity index (χ3n) is 8.81. The van der Waals surface area contributed by atoms with Gasteiger partial charge in [-0.1, -0.05) is 102 Å². The Hall–Kier alpha value is -4.69. The first-order valence-electron chi connectivity index (χ1n) is 17.7. The molecule has 3 aromatic rings. The number of methoxy groups -OCH3 is 2. The van der Waals surface area contributed by atoms with Crippen LogP contribution in [0.4, 0.5) is 0 Å². The van der Waals surface area contributed by atoms with Crippen LogP contribution in [-0.4, -0.2) is 96.9 Å². The number of esters is 2. The lowest BCUT2D eigenvalue weighted by Gasteiger charge is -2.36. The molecule has 5 N–H and O–H groups in total. The van der Waals surface area contributed by atoms with Gasteiger partial charge < -0.3 is 25.2 Å². The normalized spacial score (nSPS) is 14.2. The number of benzene rings is 2. The van der Waals surface area contributed by atoms with E-state index in [9.17, 15) is 24.3 Å². The summed E-state index contributed by atoms with van der Waals surface area (Å²) in [6.45, 7) is 11.3. The quantitative estimate of drug-likeness (QED) is 0.0786. The summed E-state index contributed by atoms with van der Waals surface area (Å²) in [6, 6.07) is 18.9. The molecule has 13 heteroatoms. The molecule has 2 amide bonds. The van der Waals surface area contributed by atoms with Crippen LogP contribution in [0.15, 0.2) is 79.0 Å². The Labute approximate surface area is 313 Å². The maximum Gasteiger partial charge on any atom is 0.334 e. The van der Waals surface area contributed by atoms with E-state index in [1.54, 1.807) is 39.0 Å². The fourth-order valence-electron chi connectivity index (χ4n) is 5.99. The second kappa shape index (κ2) is 19.4. The van der Waals surface area contributed by atoms with Crippen LogP contribution >= 0.6 is 0 Å². The number of carbonyl (C=O) groups is 4. The molecule has 0 aliphatic heterocycles. The summed E-state index contributed by atoms with van der Waals surface area (Å²) in [6.07, 6.45) is 0.877. The fourth-order valence-corrected chi connectivity index (χ4v) is 5.99. The van der Waals surface area contributed by atoms with Crippen LogP contribution in [0.3, 0.4) is 0 Å². The monoisotopic (exact) mass is 732 g/mol. The van der Waals surface area contributed by atoms with Crippen molar-refractivity contribution in [1.82, 2.24) is 31.4 Å². The molecule has 0 saturated heterocycles. The maximum absolute atomic E-state index is 14.2. The van der Waals surface area contributed by atoms with Gasteiger partial charge in [0.25, 0.3) is 5.91 Å². The summed E-state index contributed by atoms with van der Waals surface area (Å²) in [5, 5.41) is 22.5. The first kappa shape index (κ1) is 42.7. The summed E-state index contributed by atoms with van der Waals surface area (Å²) < 4.78 is 9.63. The minimum atomic E-state index is -1.56. The lowest BCUT2D eigenvalue weighted by molar-refractivity contribution is -0.156. The minimum Gasteiger partial charge on any atom is -0.467 e. The highest BCUT2D eigenvalue weighted by molar-refractivity contribution is 6.00. The molecule has 53 heavy (non-hydrogen) atoms. The number of hydrogen-bond acceptors (Lipinski definition) is 11. The predicted molar refractivity (Wildman–Crippen MR) is 203 cm³/mol. The van der Waals surface area contributed by atoms with Gasteiger partial charge in [0.15, 0.2) is 0 Å². The third-order valence-corrected chi connectivity index (χ3v) is 8.81. The summed E-state index contributed by atoms with van der Waals surface area (Å²) in [5.74, 6) is -2.66. The summed E-state index contributed by atoms with van der Waals surface area (Å²) in [4.78, 5) is 57.4. The number of ether oxygens (including phenoxy) is 2. The van der Waals surface area contributed by atoms with Crippen molar-refractivity contribution >= 4 is 23.8 Å². The number of nitrogens with one attached hydrogen (secondary N) is 4. The Morgan fingerprint density at radius 2 is 1.36 bits per heavy atom. The second-order valence-corrected chi connectivity index (χ2v) is 15.2. The van der Waals surface area contributed by atoms with Gasteiger partial charge in [0, 0.05) is 24.8 Å². The van der Waals surface area contributed by atoms with Crippen molar-refractivity contribution in [3.05, 3.63) is 90.1 Å². The van der Waals surface area contributed by atoms with E-state index in [0.717, 1.165) is 36.6 Å². The number of amides is 2. The van der Waals surface area contributed by atoms with Gasteiger partial charge in [-0.2, -0.15) is 0 Å². The van der Waals surface area contributed by atoms with Crippen LogP contribution < -0.4 is 21.4 Å². The number of aromatic nitrogens is 1. The van der Waals surface area contributed by atoms with Crippen molar-refractivity contribution < 1.29 is 33.8 Å². The molecular weight excluding hydrogens is 676 g/mol. The molecule has 288 valence electrons. The fraction of sp³-hybridized carbons (Fsp3) is 0.475. The number of pyridine rings is 1. The number of rotatable bonds is 17. The molecule has 3 rings (SSSR count). The van der Waals surface area contributed by atoms with Gasteiger partial charge >= 0.3 is 11.9 Å². The van der Waals surface area contributed by atoms with Crippen molar-refractivity contribution in [1.29, 1.82) is 0 Å². The van der Waals surface area contributed by atoms with Crippen molar-refractivity contribution in [2.24, 2.45) is 10.8 Å². The smallest absolute Gasteiger partial charge is 0.334 e. The zero-order valence-corrected chi connectivity index (χ0v) is 32.3. The first-order chi connectivity index (χ1) is 25.0. The number of nitrogens with zero attached hydrogens (tertiary/aromatic N) is 2. The van der Waals surface area contributed by atoms with Crippen molar-refractivity contribution in [3.63, 3.8) is 0 Å². The number of likely N-dealkylation sites (N-methyl/N-ethyl adjacent to an activating group) is 1. The van der Waals surface area contributed by atoms with E-state index in [0.29, 0.717) is 6.42 Å². The summed E-state index contributed by atoms with van der Waals surface area (Å²) in [7, 11) is 4.00. The molecule has 13 nitrogen and oxygen atoms in total. The van der Waals surface area contributed by atoms with E-state index < -0.39 is 58.9 Å². The standard InChI is InChI=1S/C40H56N6O7/c1-39(2,3)33(41-7)35(48)43-30(23-26-15-11-10-12-16-26)31(47)25-46(24-27-18-20-28(21-19-27)29-17-13-14-22-42-29)45-36(49)34(40(4,5)6)44-32(37(50)52-8)38(51)53-9/h10-22,30-34,41,44,47H,23-25H2,1-9H3,(H,43,48)(H,45,49)/t30-,31-,33+,34+/m0/s1. The van der Waals surface area contributed by atoms with Gasteiger partial charge in [-0.3, -0.25) is 25.3 Å². The third kappa shape index (κ3) is 12.7. The summed E-state index contributed by atoms with van der Waals surface area (Å²) in [5.41, 5.74) is 5.13. The van der Waals surface area contributed by atoms with E-state index in [1.807, 2.05) is 93.6 Å². The molecule has 0 radical (unpaired) electrons. The molecule has 0 aliphatic rings. The number of carbonyl (C=O) groups excluding carboxylic acids is 4. The lowest BCUT2D eigenvalue weighted by Crippen LogP contribution is -2.62. The first-order valence-corrected chi connectivity index (χ1v) is 17.7. The van der Waals surface area contributed by atoms with Crippen LogP contribution in [0.5, 0.6) is 0 Å². The molecule has 1 heterocycles. The van der Waals surface area contributed by atoms with Crippen molar-refractivity contribution in [2.45, 2.75) is 84.8 Å². The van der Waals surface area contributed by atoms with Crippen molar-refractivity contribution in [3.8, 4) is 11.3 Å². The summed E-state index contributed by atoms with van der Waals surface area (Å²) >= 11 is 0. The highest BCUT2D eigenvalue weighted by atomic mass is 16.5. The SMILES string of the molecule is CN[C@H](C(=O)N[C@@H](Cc1ccccc1)[C@@H](O)CN(Cc1ccc(-c2ccccn2)cc1)NC(=O)[C@@H](NC(C(=O)OC)C(=O)OC)C(C)(C)C)C(C)(C)C. The highest BCUT2D eigenvalue weighted by Gasteiger charge is 2.40. The average molecular weight is 733 g/mol. The molecule has 0 aliphatic carbocycles. The molecule has 0 unspecified atom stereocenters. The number of hydrogen-bond donors (Lipinski definition) is 5. The number of aliphatic hydroxyl groups is 1. The highest BCUT2D eigenvalue weighted by Crippen LogP contribution is 2.23. The minimum absolute atomic E-state index is 0.0977. The predicted octanol–water partition coefficient (Wildman–Crippen LogP) is 3.02. The molecular formula is C40H56N6O7. The van der Waals surface area contributed by atoms with E-state index in [1.165, 1.54) is 0 Å². The molecule has 0 spiro atoms. The van der Waals surface area contributed by atoms with Gasteiger partial charge in [-0.25, -0.2) is 14.6 Å². The largest absolute Gasteiger partial charge is 0.467 e. The zero-order chi connectivity index (χ0) is 39.3. The Kier molecular flexibility index (Phi) is 15.6. The van der Waals surface area contributed by atoms with E-state index >= 15 is 0 Å². The molecule has 0 bridgehead atoms. The molecule has 0 fully saturated rings. The van der Waals surface area contributed by atoms with E-state index in [2.05, 4.69) is 26.4 Å². The topological polar surface area (TPSA) is 171 Å². The van der Waals surface area contributed by atoms with Gasteiger partial charge in [-0.15, -0.1) is 0 Å². The Balaban J connectivity index is 1.99. The van der Waals surface area contributed by atoms with Gasteiger partial charge in [0.2, 0.25) is 11.9 Å². The molecule has 2 aromatic carbocycles. The molecule has 4 atom stereocenters. The Morgan fingerprint density at radius 3 is 1.87 bits per heavy atom. The van der Waals surface area contributed by atoms with Crippen LogP contribution in [0.1, 0.15) is 52.7 Å². The van der Waals surface area contributed by atoms with Crippen LogP contribution in [-0.2, 0) is 41.6 Å². The van der Waals surface area contributed by atoms with Crippen LogP contribution in [0.25, 0.3) is 11.3 Å². The Morgan fingerprint density at radius 1 is 0.774 bits per heavy atom. The van der Waals surface area contributed by atoms with Crippen molar-refractivity contribution in [2.75, 3.05) is 27.8 Å². The van der Waals surface area contributed by atoms with Gasteiger partial charge in [0.05, 0.1) is 44.1 Å². The molecule has 1 aromatic heterocycles. The number of aliphatic hydroxyl groups excluding tert-OH is 1. The average Bonchev–Trinajstić information content (AvgIpc) is 3.11.